The van der Waals surface area contributed by atoms with E-state index in [9.17, 15) is 9.18 Å². The van der Waals surface area contributed by atoms with Gasteiger partial charge in [-0.05, 0) is 52.7 Å². The van der Waals surface area contributed by atoms with Crippen LogP contribution in [0.4, 0.5) is 10.1 Å². The molecule has 6 heteroatoms. The number of carbonyl (C=O) groups excluding carboxylic acids is 1. The van der Waals surface area contributed by atoms with Crippen molar-refractivity contribution in [3.05, 3.63) is 51.7 Å². The molecule has 0 fully saturated rings. The number of benzene rings is 2. The van der Waals surface area contributed by atoms with E-state index in [0.717, 1.165) is 0 Å². The van der Waals surface area contributed by atoms with E-state index in [1.807, 2.05) is 0 Å². The molecule has 0 saturated carbocycles. The lowest BCUT2D eigenvalue weighted by Crippen LogP contribution is -2.14. The van der Waals surface area contributed by atoms with E-state index in [2.05, 4.69) is 21.2 Å². The molecule has 2 aromatic rings. The Kier molecular flexibility index (Phi) is 5.03. The fraction of sp³-hybridized carbons (Fsp3) is 0.188. The second-order valence-electron chi connectivity index (χ2n) is 4.61. The number of nitrogens with one attached hydrogen (secondary N) is 1. The van der Waals surface area contributed by atoms with Crippen LogP contribution < -0.4 is 14.8 Å². The predicted molar refractivity (Wildman–Crippen MR) is 86.3 cm³/mol. The lowest BCUT2D eigenvalue weighted by Gasteiger charge is -2.13. The largest absolute Gasteiger partial charge is 0.497 e. The van der Waals surface area contributed by atoms with Gasteiger partial charge in [-0.3, -0.25) is 4.79 Å². The first-order valence-corrected chi connectivity index (χ1v) is 7.24. The molecule has 22 heavy (non-hydrogen) atoms. The van der Waals surface area contributed by atoms with Gasteiger partial charge in [0.05, 0.1) is 24.3 Å². The first-order valence-electron chi connectivity index (χ1n) is 6.45. The summed E-state index contributed by atoms with van der Waals surface area (Å²) < 4.78 is 24.5. The summed E-state index contributed by atoms with van der Waals surface area (Å²) in [6.07, 6.45) is 0. The van der Waals surface area contributed by atoms with Crippen LogP contribution in [0.5, 0.6) is 11.5 Å². The van der Waals surface area contributed by atoms with Crippen LogP contribution in [0.1, 0.15) is 15.9 Å². The molecular formula is C16H15BrFNO3. The Morgan fingerprint density at radius 2 is 1.91 bits per heavy atom. The van der Waals surface area contributed by atoms with E-state index in [-0.39, 0.29) is 11.4 Å². The van der Waals surface area contributed by atoms with Gasteiger partial charge in [0.25, 0.3) is 5.91 Å². The zero-order valence-corrected chi connectivity index (χ0v) is 14.0. The van der Waals surface area contributed by atoms with Crippen molar-refractivity contribution in [2.24, 2.45) is 0 Å². The number of carbonyl (C=O) groups is 1. The molecule has 1 amide bonds. The van der Waals surface area contributed by atoms with Crippen molar-refractivity contribution in [2.75, 3.05) is 19.5 Å². The topological polar surface area (TPSA) is 47.6 Å². The first-order chi connectivity index (χ1) is 10.5. The van der Waals surface area contributed by atoms with E-state index in [0.29, 0.717) is 27.2 Å². The van der Waals surface area contributed by atoms with Gasteiger partial charge in [-0.2, -0.15) is 0 Å². The molecule has 0 unspecified atom stereocenters. The number of ether oxygens (including phenoxy) is 2. The number of aryl methyl sites for hydroxylation is 1. The van der Waals surface area contributed by atoms with Gasteiger partial charge in [-0.15, -0.1) is 0 Å². The predicted octanol–water partition coefficient (Wildman–Crippen LogP) is 4.17. The molecule has 4 nitrogen and oxygen atoms in total. The van der Waals surface area contributed by atoms with Gasteiger partial charge in [0.15, 0.2) is 0 Å². The molecule has 1 N–H and O–H groups in total. The van der Waals surface area contributed by atoms with E-state index in [4.69, 9.17) is 9.47 Å². The van der Waals surface area contributed by atoms with Gasteiger partial charge in [0, 0.05) is 5.69 Å². The highest BCUT2D eigenvalue weighted by Crippen LogP contribution is 2.34. The van der Waals surface area contributed by atoms with Crippen molar-refractivity contribution in [2.45, 2.75) is 6.92 Å². The molecule has 0 heterocycles. The molecule has 0 aliphatic carbocycles. The fourth-order valence-corrected chi connectivity index (χ4v) is 2.53. The molecular weight excluding hydrogens is 353 g/mol. The van der Waals surface area contributed by atoms with Crippen molar-refractivity contribution in [1.29, 1.82) is 0 Å². The maximum absolute atomic E-state index is 13.6. The highest BCUT2D eigenvalue weighted by molar-refractivity contribution is 9.10. The number of amides is 1. The maximum Gasteiger partial charge on any atom is 0.259 e. The Labute approximate surface area is 136 Å². The van der Waals surface area contributed by atoms with E-state index in [1.165, 1.54) is 20.3 Å². The van der Waals surface area contributed by atoms with Gasteiger partial charge in [0.1, 0.15) is 17.3 Å². The average Bonchev–Trinajstić information content (AvgIpc) is 2.50. The quantitative estimate of drug-likeness (QED) is 0.882. The summed E-state index contributed by atoms with van der Waals surface area (Å²) in [6, 6.07) is 7.77. The SMILES string of the molecule is COc1cc(Br)c(OC)c(C(=O)Nc2ccc(C)c(F)c2)c1. The number of halogens is 2. The van der Waals surface area contributed by atoms with E-state index >= 15 is 0 Å². The average molecular weight is 368 g/mol. The van der Waals surface area contributed by atoms with Gasteiger partial charge in [-0.1, -0.05) is 6.07 Å². The number of anilines is 1. The smallest absolute Gasteiger partial charge is 0.259 e. The standard InChI is InChI=1S/C16H15BrFNO3/c1-9-4-5-10(6-14(9)18)19-16(20)12-7-11(21-2)8-13(17)15(12)22-3/h4-8H,1-3H3,(H,19,20). The van der Waals surface area contributed by atoms with Crippen LogP contribution in [0.2, 0.25) is 0 Å². The van der Waals surface area contributed by atoms with Crippen molar-refractivity contribution < 1.29 is 18.7 Å². The molecule has 2 rings (SSSR count). The molecule has 0 radical (unpaired) electrons. The Hall–Kier alpha value is -2.08. The molecule has 2 aromatic carbocycles. The molecule has 116 valence electrons. The lowest BCUT2D eigenvalue weighted by atomic mass is 10.1. The summed E-state index contributed by atoms with van der Waals surface area (Å²) in [5.74, 6) is 0.0927. The van der Waals surface area contributed by atoms with Crippen molar-refractivity contribution in [3.8, 4) is 11.5 Å². The van der Waals surface area contributed by atoms with Gasteiger partial charge >= 0.3 is 0 Å². The molecule has 0 bridgehead atoms. The molecule has 0 aliphatic heterocycles. The van der Waals surface area contributed by atoms with Crippen molar-refractivity contribution in [3.63, 3.8) is 0 Å². The third-order valence-corrected chi connectivity index (χ3v) is 3.72. The third kappa shape index (κ3) is 3.39. The summed E-state index contributed by atoms with van der Waals surface area (Å²) in [4.78, 5) is 12.4. The number of hydrogen-bond donors (Lipinski definition) is 1. The minimum absolute atomic E-state index is 0.287. The van der Waals surface area contributed by atoms with Crippen LogP contribution >= 0.6 is 15.9 Å². The minimum Gasteiger partial charge on any atom is -0.497 e. The van der Waals surface area contributed by atoms with Crippen LogP contribution in [0, 0.1) is 12.7 Å². The Morgan fingerprint density at radius 1 is 1.18 bits per heavy atom. The Balaban J connectivity index is 2.36. The normalized spacial score (nSPS) is 10.2. The minimum atomic E-state index is -0.417. The zero-order chi connectivity index (χ0) is 16.3. The molecule has 0 atom stereocenters. The molecule has 0 aliphatic rings. The molecule has 0 aromatic heterocycles. The summed E-state index contributed by atoms with van der Waals surface area (Å²) in [7, 11) is 2.97. The van der Waals surface area contributed by atoms with E-state index < -0.39 is 5.91 Å². The lowest BCUT2D eigenvalue weighted by molar-refractivity contribution is 0.102. The summed E-state index contributed by atoms with van der Waals surface area (Å²) in [5.41, 5.74) is 1.17. The number of hydrogen-bond acceptors (Lipinski definition) is 3. The van der Waals surface area contributed by atoms with Crippen molar-refractivity contribution >= 4 is 27.5 Å². The van der Waals surface area contributed by atoms with Crippen LogP contribution in [0.3, 0.4) is 0 Å². The highest BCUT2D eigenvalue weighted by Gasteiger charge is 2.17. The van der Waals surface area contributed by atoms with Crippen LogP contribution in [0.25, 0.3) is 0 Å². The van der Waals surface area contributed by atoms with E-state index in [1.54, 1.807) is 31.2 Å². The van der Waals surface area contributed by atoms with Gasteiger partial charge in [-0.25, -0.2) is 4.39 Å². The highest BCUT2D eigenvalue weighted by atomic mass is 79.9. The third-order valence-electron chi connectivity index (χ3n) is 3.13. The summed E-state index contributed by atoms with van der Waals surface area (Å²) >= 11 is 3.33. The Morgan fingerprint density at radius 3 is 2.50 bits per heavy atom. The zero-order valence-electron chi connectivity index (χ0n) is 12.4. The summed E-state index contributed by atoms with van der Waals surface area (Å²) in [6.45, 7) is 1.66. The van der Waals surface area contributed by atoms with Gasteiger partial charge in [0.2, 0.25) is 0 Å². The summed E-state index contributed by atoms with van der Waals surface area (Å²) in [5, 5.41) is 2.64. The fourth-order valence-electron chi connectivity index (χ4n) is 1.93. The first kappa shape index (κ1) is 16.3. The van der Waals surface area contributed by atoms with Gasteiger partial charge < -0.3 is 14.8 Å². The molecule has 0 spiro atoms. The van der Waals surface area contributed by atoms with Crippen LogP contribution in [-0.2, 0) is 0 Å². The van der Waals surface area contributed by atoms with Crippen LogP contribution in [-0.4, -0.2) is 20.1 Å². The Bertz CT molecular complexity index is 719. The molecule has 0 saturated heterocycles. The van der Waals surface area contributed by atoms with Crippen LogP contribution in [0.15, 0.2) is 34.8 Å². The number of methoxy groups -OCH3 is 2. The second kappa shape index (κ2) is 6.79. The van der Waals surface area contributed by atoms with Crippen molar-refractivity contribution in [1.82, 2.24) is 0 Å². The maximum atomic E-state index is 13.6. The number of rotatable bonds is 4. The monoisotopic (exact) mass is 367 g/mol. The second-order valence-corrected chi connectivity index (χ2v) is 5.46.